The summed E-state index contributed by atoms with van der Waals surface area (Å²) >= 11 is 0. The molecule has 2 unspecified atom stereocenters. The smallest absolute Gasteiger partial charge is 0.362 e. The third-order valence-electron chi connectivity index (χ3n) is 13.3. The summed E-state index contributed by atoms with van der Waals surface area (Å²) in [7, 11) is 5.55. The number of rotatable bonds is 53. The van der Waals surface area contributed by atoms with Gasteiger partial charge in [-0.05, 0) is 70.6 Å². The Morgan fingerprint density at radius 2 is 0.779 bits per heavy atom. The van der Waals surface area contributed by atoms with E-state index in [4.69, 9.17) is 14.2 Å². The molecule has 0 saturated heterocycles. The summed E-state index contributed by atoms with van der Waals surface area (Å²) in [6.07, 6.45) is 62.0. The molecule has 0 saturated carbocycles. The van der Waals surface area contributed by atoms with E-state index in [1.165, 1.54) is 199 Å². The first kappa shape index (κ1) is 65.5. The normalized spacial score (nSPS) is 13.0. The van der Waals surface area contributed by atoms with Crippen molar-refractivity contribution in [1.29, 1.82) is 0 Å². The summed E-state index contributed by atoms with van der Waals surface area (Å²) in [5.74, 6) is -1.46. The van der Waals surface area contributed by atoms with E-state index in [2.05, 4.69) is 50.3 Å². The van der Waals surface area contributed by atoms with Gasteiger partial charge in [-0.15, -0.1) is 0 Å². The Bertz CT molecular complexity index is 1210. The number of ether oxygens (including phenoxy) is 3. The molecular weight excluding hydrogens is 847 g/mol. The summed E-state index contributed by atoms with van der Waals surface area (Å²) < 4.78 is 17.4. The molecule has 0 spiro atoms. The molecule has 1 N–H and O–H groups in total. The molecule has 8 heteroatoms. The average Bonchev–Trinajstić information content (AvgIpc) is 3.30. The minimum absolute atomic E-state index is 0.0503. The molecule has 0 rings (SSSR count). The summed E-state index contributed by atoms with van der Waals surface area (Å²) in [5, 5.41) is 9.68. The van der Waals surface area contributed by atoms with Gasteiger partial charge in [0, 0.05) is 19.3 Å². The maximum absolute atomic E-state index is 12.8. The average molecular weight is 960 g/mol. The van der Waals surface area contributed by atoms with Gasteiger partial charge in [0.05, 0.1) is 34.4 Å². The fourth-order valence-corrected chi connectivity index (χ4v) is 8.77. The molecule has 0 amide bonds. The van der Waals surface area contributed by atoms with E-state index in [-0.39, 0.29) is 36.2 Å². The van der Waals surface area contributed by atoms with Crippen LogP contribution in [0.25, 0.3) is 0 Å². The van der Waals surface area contributed by atoms with Gasteiger partial charge in [-0.2, -0.15) is 0 Å². The highest BCUT2D eigenvalue weighted by Gasteiger charge is 2.31. The standard InChI is InChI=1S/C60H111NO7/c1-6-8-10-12-14-16-18-20-22-24-26-28-29-31-32-34-36-38-40-42-44-46-48-50-58(62)67-55-56(54-66-53-52-57(60(64)65)61(3,4)5)68-59(63)51-49-47-45-43-41-39-37-35-33-30-27-25-23-21-19-17-15-13-11-9-7-2/h19,21,24-27,56-57H,6-18,20,22-23,28-55H2,1-5H3/p+1/b21-19-,26-24-,27-25-. The zero-order valence-corrected chi connectivity index (χ0v) is 45.6. The van der Waals surface area contributed by atoms with E-state index in [0.29, 0.717) is 19.3 Å². The second kappa shape index (κ2) is 50.9. The molecule has 0 heterocycles. The van der Waals surface area contributed by atoms with Crippen molar-refractivity contribution in [1.82, 2.24) is 0 Å². The van der Waals surface area contributed by atoms with Crippen LogP contribution in [0.5, 0.6) is 0 Å². The van der Waals surface area contributed by atoms with Gasteiger partial charge >= 0.3 is 17.9 Å². The number of esters is 2. The van der Waals surface area contributed by atoms with Crippen molar-refractivity contribution in [2.24, 2.45) is 0 Å². The number of aliphatic carboxylic acids is 1. The molecule has 0 aromatic carbocycles. The van der Waals surface area contributed by atoms with Crippen molar-refractivity contribution >= 4 is 17.9 Å². The highest BCUT2D eigenvalue weighted by Crippen LogP contribution is 2.16. The highest BCUT2D eigenvalue weighted by atomic mass is 16.6. The molecule has 2 atom stereocenters. The van der Waals surface area contributed by atoms with Crippen molar-refractivity contribution < 1.29 is 38.2 Å². The van der Waals surface area contributed by atoms with Crippen LogP contribution in [0.4, 0.5) is 0 Å². The number of hydrogen-bond acceptors (Lipinski definition) is 6. The number of allylic oxidation sites excluding steroid dienone is 6. The van der Waals surface area contributed by atoms with Gasteiger partial charge in [0.25, 0.3) is 0 Å². The number of carbonyl (C=O) groups is 3. The van der Waals surface area contributed by atoms with Gasteiger partial charge in [0.1, 0.15) is 6.61 Å². The first-order chi connectivity index (χ1) is 33.1. The number of nitrogens with zero attached hydrogens (tertiary/aromatic N) is 1. The van der Waals surface area contributed by atoms with Crippen LogP contribution in [0.1, 0.15) is 277 Å². The number of quaternary nitrogens is 1. The largest absolute Gasteiger partial charge is 0.477 e. The Morgan fingerprint density at radius 1 is 0.441 bits per heavy atom. The maximum Gasteiger partial charge on any atom is 0.362 e. The number of carbonyl (C=O) groups excluding carboxylic acids is 2. The van der Waals surface area contributed by atoms with E-state index < -0.39 is 18.1 Å². The zero-order chi connectivity index (χ0) is 49.9. The van der Waals surface area contributed by atoms with Crippen LogP contribution in [0.2, 0.25) is 0 Å². The number of likely N-dealkylation sites (N-methyl/N-ethyl adjacent to an activating group) is 1. The summed E-state index contributed by atoms with van der Waals surface area (Å²) in [5.41, 5.74) is 0. The van der Waals surface area contributed by atoms with Crippen molar-refractivity contribution in [3.05, 3.63) is 36.5 Å². The Kier molecular flexibility index (Phi) is 49.1. The molecule has 0 radical (unpaired) electrons. The van der Waals surface area contributed by atoms with Crippen molar-refractivity contribution in [2.75, 3.05) is 41.0 Å². The fraction of sp³-hybridized carbons (Fsp3) is 0.850. The van der Waals surface area contributed by atoms with E-state index in [0.717, 1.165) is 44.9 Å². The number of unbranched alkanes of at least 4 members (excludes halogenated alkanes) is 33. The first-order valence-corrected chi connectivity index (χ1v) is 29.0. The lowest BCUT2D eigenvalue weighted by atomic mass is 10.0. The second-order valence-corrected chi connectivity index (χ2v) is 20.9. The number of carboxylic acids is 1. The van der Waals surface area contributed by atoms with Gasteiger partial charge < -0.3 is 23.8 Å². The highest BCUT2D eigenvalue weighted by molar-refractivity contribution is 5.72. The van der Waals surface area contributed by atoms with E-state index in [1.807, 2.05) is 21.1 Å². The third kappa shape index (κ3) is 48.6. The predicted molar refractivity (Wildman–Crippen MR) is 289 cm³/mol. The summed E-state index contributed by atoms with van der Waals surface area (Å²) in [4.78, 5) is 37.3. The van der Waals surface area contributed by atoms with Gasteiger partial charge in [-0.1, -0.05) is 224 Å². The molecule has 0 fully saturated rings. The molecule has 398 valence electrons. The van der Waals surface area contributed by atoms with Crippen LogP contribution in [-0.4, -0.2) is 80.6 Å². The van der Waals surface area contributed by atoms with Crippen LogP contribution in [-0.2, 0) is 28.6 Å². The van der Waals surface area contributed by atoms with Crippen molar-refractivity contribution in [3.8, 4) is 0 Å². The zero-order valence-electron chi connectivity index (χ0n) is 45.6. The molecular formula is C60H112NO7+. The lowest BCUT2D eigenvalue weighted by Crippen LogP contribution is -2.50. The topological polar surface area (TPSA) is 99.1 Å². The van der Waals surface area contributed by atoms with Gasteiger partial charge in [0.2, 0.25) is 0 Å². The Labute approximate surface area is 421 Å². The molecule has 0 aliphatic carbocycles. The van der Waals surface area contributed by atoms with Crippen LogP contribution in [0, 0.1) is 0 Å². The van der Waals surface area contributed by atoms with E-state index in [9.17, 15) is 19.5 Å². The lowest BCUT2D eigenvalue weighted by molar-refractivity contribution is -0.887. The Balaban J connectivity index is 4.15. The molecule has 0 aliphatic rings. The molecule has 0 aromatic rings. The molecule has 68 heavy (non-hydrogen) atoms. The van der Waals surface area contributed by atoms with Gasteiger partial charge in [0.15, 0.2) is 12.1 Å². The van der Waals surface area contributed by atoms with Crippen LogP contribution in [0.3, 0.4) is 0 Å². The minimum atomic E-state index is -0.873. The third-order valence-corrected chi connectivity index (χ3v) is 13.3. The fourth-order valence-electron chi connectivity index (χ4n) is 8.77. The first-order valence-electron chi connectivity index (χ1n) is 29.0. The quantitative estimate of drug-likeness (QED) is 0.0281. The molecule has 0 aliphatic heterocycles. The maximum atomic E-state index is 12.8. The van der Waals surface area contributed by atoms with Crippen molar-refractivity contribution in [2.45, 2.75) is 289 Å². The molecule has 0 bridgehead atoms. The Morgan fingerprint density at radius 3 is 1.15 bits per heavy atom. The van der Waals surface area contributed by atoms with Crippen LogP contribution in [0.15, 0.2) is 36.5 Å². The second-order valence-electron chi connectivity index (χ2n) is 20.9. The predicted octanol–water partition coefficient (Wildman–Crippen LogP) is 17.3. The summed E-state index contributed by atoms with van der Waals surface area (Å²) in [6, 6.07) is -0.616. The van der Waals surface area contributed by atoms with Gasteiger partial charge in [-0.25, -0.2) is 4.79 Å². The number of hydrogen-bond donors (Lipinski definition) is 1. The lowest BCUT2D eigenvalue weighted by Gasteiger charge is -2.31. The van der Waals surface area contributed by atoms with Crippen LogP contribution < -0.4 is 0 Å². The molecule has 0 aromatic heterocycles. The number of carboxylic acid groups (broad SMARTS) is 1. The SMILES string of the molecule is CCCCCCC/C=C\C/C=C\CCCCCCCCCCCC(=O)OC(COCCC(C(=O)O)[N+](C)(C)C)COC(=O)CCCCCCCCCCCCC/C=C\CCCCCCCCCC. The minimum Gasteiger partial charge on any atom is -0.477 e. The van der Waals surface area contributed by atoms with E-state index >= 15 is 0 Å². The van der Waals surface area contributed by atoms with Crippen molar-refractivity contribution in [3.63, 3.8) is 0 Å². The summed E-state index contributed by atoms with van der Waals surface area (Å²) in [6.45, 7) is 4.77. The van der Waals surface area contributed by atoms with Crippen LogP contribution >= 0.6 is 0 Å². The van der Waals surface area contributed by atoms with Gasteiger partial charge in [-0.3, -0.25) is 9.59 Å². The Hall–Kier alpha value is -2.45. The monoisotopic (exact) mass is 959 g/mol. The molecule has 8 nitrogen and oxygen atoms in total. The van der Waals surface area contributed by atoms with E-state index in [1.54, 1.807) is 0 Å².